The molecule has 1 N–H and O–H groups in total. The van der Waals surface area contributed by atoms with E-state index in [0.717, 1.165) is 5.75 Å². The van der Waals surface area contributed by atoms with Gasteiger partial charge in [-0.2, -0.15) is 0 Å². The molecule has 1 aromatic carbocycles. The molecule has 0 aliphatic rings. The molecule has 0 amide bonds. The van der Waals surface area contributed by atoms with Crippen LogP contribution in [0.15, 0.2) is 35.5 Å². The van der Waals surface area contributed by atoms with Gasteiger partial charge in [-0.3, -0.25) is 4.79 Å². The minimum absolute atomic E-state index is 0.298. The van der Waals surface area contributed by atoms with Crippen LogP contribution in [0.4, 0.5) is 0 Å². The van der Waals surface area contributed by atoms with Crippen LogP contribution in [0.5, 0.6) is 5.75 Å². The second-order valence-corrected chi connectivity index (χ2v) is 5.65. The first kappa shape index (κ1) is 15.4. The number of carboxylic acid groups (broad SMARTS) is 1. The first-order valence-electron chi connectivity index (χ1n) is 6.61. The molecule has 6 nitrogen and oxygen atoms in total. The Morgan fingerprint density at radius 1 is 1.38 bits per heavy atom. The standard InChI is InChI=1S/C14H17N3O3S/c1-3-17-12(9-20-11-7-5-4-6-8-11)15-16-14(17)21-10(2)13(18)19/h4-8,10H,3,9H2,1-2H3,(H,18,19)/t10-/m0/s1. The average molecular weight is 307 g/mol. The largest absolute Gasteiger partial charge is 0.486 e. The van der Waals surface area contributed by atoms with E-state index in [1.807, 2.05) is 41.8 Å². The van der Waals surface area contributed by atoms with E-state index >= 15 is 0 Å². The lowest BCUT2D eigenvalue weighted by molar-refractivity contribution is -0.136. The third kappa shape index (κ3) is 3.98. The van der Waals surface area contributed by atoms with Crippen molar-refractivity contribution in [3.8, 4) is 5.75 Å². The first-order chi connectivity index (χ1) is 10.1. The summed E-state index contributed by atoms with van der Waals surface area (Å²) in [6.45, 7) is 4.55. The number of nitrogens with zero attached hydrogens (tertiary/aromatic N) is 3. The van der Waals surface area contributed by atoms with Crippen LogP contribution >= 0.6 is 11.8 Å². The fourth-order valence-corrected chi connectivity index (χ4v) is 2.57. The molecular weight excluding hydrogens is 290 g/mol. The number of carbonyl (C=O) groups is 1. The van der Waals surface area contributed by atoms with Crippen molar-refractivity contribution in [1.29, 1.82) is 0 Å². The van der Waals surface area contributed by atoms with Crippen LogP contribution in [0.25, 0.3) is 0 Å². The predicted molar refractivity (Wildman–Crippen MR) is 79.4 cm³/mol. The van der Waals surface area contributed by atoms with Crippen LogP contribution in [0.2, 0.25) is 0 Å². The number of para-hydroxylation sites is 1. The minimum atomic E-state index is -0.868. The third-order valence-corrected chi connectivity index (χ3v) is 3.92. The van der Waals surface area contributed by atoms with Gasteiger partial charge in [-0.1, -0.05) is 30.0 Å². The van der Waals surface area contributed by atoms with Gasteiger partial charge in [0, 0.05) is 6.54 Å². The molecule has 0 fully saturated rings. The Balaban J connectivity index is 2.07. The summed E-state index contributed by atoms with van der Waals surface area (Å²) in [4.78, 5) is 10.9. The van der Waals surface area contributed by atoms with Crippen molar-refractivity contribution in [2.45, 2.75) is 37.4 Å². The zero-order chi connectivity index (χ0) is 15.2. The topological polar surface area (TPSA) is 77.2 Å². The van der Waals surface area contributed by atoms with Crippen molar-refractivity contribution in [2.75, 3.05) is 0 Å². The molecule has 1 atom stereocenters. The van der Waals surface area contributed by atoms with E-state index in [2.05, 4.69) is 10.2 Å². The molecule has 112 valence electrons. The first-order valence-corrected chi connectivity index (χ1v) is 7.49. The zero-order valence-electron chi connectivity index (χ0n) is 11.9. The highest BCUT2D eigenvalue weighted by Crippen LogP contribution is 2.23. The molecular formula is C14H17N3O3S. The van der Waals surface area contributed by atoms with Gasteiger partial charge in [-0.05, 0) is 26.0 Å². The van der Waals surface area contributed by atoms with Gasteiger partial charge >= 0.3 is 5.97 Å². The summed E-state index contributed by atoms with van der Waals surface area (Å²) in [5.41, 5.74) is 0. The number of ether oxygens (including phenoxy) is 1. The highest BCUT2D eigenvalue weighted by atomic mass is 32.2. The number of aliphatic carboxylic acids is 1. The Bertz CT molecular complexity index is 601. The molecule has 0 saturated heterocycles. The summed E-state index contributed by atoms with van der Waals surface area (Å²) >= 11 is 1.18. The minimum Gasteiger partial charge on any atom is -0.486 e. The van der Waals surface area contributed by atoms with Crippen LogP contribution in [0, 0.1) is 0 Å². The van der Waals surface area contributed by atoms with Crippen molar-refractivity contribution in [1.82, 2.24) is 14.8 Å². The smallest absolute Gasteiger partial charge is 0.316 e. The summed E-state index contributed by atoms with van der Waals surface area (Å²) < 4.78 is 7.52. The number of hydrogen-bond acceptors (Lipinski definition) is 5. The summed E-state index contributed by atoms with van der Waals surface area (Å²) in [5, 5.41) is 17.1. The highest BCUT2D eigenvalue weighted by Gasteiger charge is 2.18. The molecule has 7 heteroatoms. The Kier molecular flexibility index (Phi) is 5.21. The van der Waals surface area contributed by atoms with Gasteiger partial charge in [-0.25, -0.2) is 0 Å². The van der Waals surface area contributed by atoms with Crippen LogP contribution in [-0.4, -0.2) is 31.1 Å². The average Bonchev–Trinajstić information content (AvgIpc) is 2.87. The van der Waals surface area contributed by atoms with E-state index in [4.69, 9.17) is 9.84 Å². The maximum atomic E-state index is 10.9. The summed E-state index contributed by atoms with van der Waals surface area (Å²) in [7, 11) is 0. The van der Waals surface area contributed by atoms with Gasteiger partial charge in [0.15, 0.2) is 11.0 Å². The number of aromatic nitrogens is 3. The van der Waals surface area contributed by atoms with E-state index < -0.39 is 11.2 Å². The summed E-state index contributed by atoms with van der Waals surface area (Å²) in [5.74, 6) is 0.574. The maximum absolute atomic E-state index is 10.9. The molecule has 2 rings (SSSR count). The lowest BCUT2D eigenvalue weighted by atomic mass is 10.3. The van der Waals surface area contributed by atoms with Gasteiger partial charge in [-0.15, -0.1) is 10.2 Å². The van der Waals surface area contributed by atoms with Crippen molar-refractivity contribution in [3.63, 3.8) is 0 Å². The monoisotopic (exact) mass is 307 g/mol. The van der Waals surface area contributed by atoms with Crippen LogP contribution in [-0.2, 0) is 17.9 Å². The van der Waals surface area contributed by atoms with E-state index in [9.17, 15) is 4.79 Å². The van der Waals surface area contributed by atoms with Gasteiger partial charge in [0.1, 0.15) is 17.6 Å². The summed E-state index contributed by atoms with van der Waals surface area (Å²) in [6.07, 6.45) is 0. The van der Waals surface area contributed by atoms with Gasteiger partial charge in [0.05, 0.1) is 0 Å². The van der Waals surface area contributed by atoms with Crippen molar-refractivity contribution < 1.29 is 14.6 Å². The molecule has 1 heterocycles. The zero-order valence-corrected chi connectivity index (χ0v) is 12.7. The fourth-order valence-electron chi connectivity index (χ4n) is 1.70. The van der Waals surface area contributed by atoms with E-state index in [-0.39, 0.29) is 0 Å². The lowest BCUT2D eigenvalue weighted by Gasteiger charge is -2.10. The second-order valence-electron chi connectivity index (χ2n) is 4.34. The molecule has 0 aliphatic heterocycles. The normalized spacial score (nSPS) is 12.1. The van der Waals surface area contributed by atoms with Crippen LogP contribution < -0.4 is 4.74 Å². The van der Waals surface area contributed by atoms with Crippen molar-refractivity contribution in [2.24, 2.45) is 0 Å². The van der Waals surface area contributed by atoms with Crippen LogP contribution in [0.3, 0.4) is 0 Å². The molecule has 0 unspecified atom stereocenters. The van der Waals surface area contributed by atoms with Crippen molar-refractivity contribution in [3.05, 3.63) is 36.2 Å². The molecule has 0 saturated carbocycles. The van der Waals surface area contributed by atoms with Gasteiger partial charge < -0.3 is 14.4 Å². The Morgan fingerprint density at radius 3 is 2.71 bits per heavy atom. The molecule has 0 aliphatic carbocycles. The lowest BCUT2D eigenvalue weighted by Crippen LogP contribution is -2.13. The Morgan fingerprint density at radius 2 is 2.10 bits per heavy atom. The molecule has 2 aromatic rings. The highest BCUT2D eigenvalue weighted by molar-refractivity contribution is 8.00. The number of hydrogen-bond donors (Lipinski definition) is 1. The molecule has 21 heavy (non-hydrogen) atoms. The van der Waals surface area contributed by atoms with Crippen molar-refractivity contribution >= 4 is 17.7 Å². The predicted octanol–water partition coefficient (Wildman–Crippen LogP) is 2.44. The molecule has 0 bridgehead atoms. The molecule has 1 aromatic heterocycles. The summed E-state index contributed by atoms with van der Waals surface area (Å²) in [6, 6.07) is 9.46. The molecule has 0 radical (unpaired) electrons. The number of benzene rings is 1. The number of rotatable bonds is 7. The number of thioether (sulfide) groups is 1. The Labute approximate surface area is 127 Å². The SMILES string of the molecule is CCn1c(COc2ccccc2)nnc1S[C@@H](C)C(=O)O. The van der Waals surface area contributed by atoms with Gasteiger partial charge in [0.25, 0.3) is 0 Å². The Hall–Kier alpha value is -2.02. The quantitative estimate of drug-likeness (QED) is 0.792. The van der Waals surface area contributed by atoms with E-state index in [0.29, 0.717) is 24.1 Å². The fraction of sp³-hybridized carbons (Fsp3) is 0.357. The van der Waals surface area contributed by atoms with E-state index in [1.165, 1.54) is 11.8 Å². The van der Waals surface area contributed by atoms with Crippen LogP contribution in [0.1, 0.15) is 19.7 Å². The van der Waals surface area contributed by atoms with E-state index in [1.54, 1.807) is 6.92 Å². The third-order valence-electron chi connectivity index (χ3n) is 2.85. The number of carboxylic acids is 1. The molecule has 0 spiro atoms. The second kappa shape index (κ2) is 7.12. The maximum Gasteiger partial charge on any atom is 0.316 e. The van der Waals surface area contributed by atoms with Gasteiger partial charge in [0.2, 0.25) is 0 Å².